The third-order valence-corrected chi connectivity index (χ3v) is 7.11. The maximum absolute atomic E-state index is 15.0. The van der Waals surface area contributed by atoms with E-state index in [1.807, 2.05) is 4.98 Å². The predicted octanol–water partition coefficient (Wildman–Crippen LogP) is -0.0478. The van der Waals surface area contributed by atoms with E-state index < -0.39 is 113 Å². The minimum absolute atomic E-state index is 0.606. The Balaban J connectivity index is 2.44. The van der Waals surface area contributed by atoms with E-state index in [2.05, 4.69) is 9.47 Å². The van der Waals surface area contributed by atoms with Crippen LogP contribution < -0.4 is 17.0 Å². The number of phosphoric acid groups is 1. The maximum atomic E-state index is 15.0. The number of nitrogens with one attached hydrogen (secondary N) is 1. The van der Waals surface area contributed by atoms with Crippen LogP contribution in [0.3, 0.4) is 0 Å². The number of alkyl halides is 1. The topological polar surface area (TPSA) is 273 Å². The predicted molar refractivity (Wildman–Crippen MR) is 147 cm³/mol. The van der Waals surface area contributed by atoms with Crippen molar-refractivity contribution in [2.24, 2.45) is 5.73 Å². The molecule has 20 nitrogen and oxygen atoms in total. The number of hydrogen-bond donors (Lipinski definition) is 4. The van der Waals surface area contributed by atoms with Crippen LogP contribution in [-0.4, -0.2) is 107 Å². The molecule has 1 aromatic heterocycles. The number of nitrogens with two attached hydrogens (primary N) is 1. The average Bonchev–Trinajstić information content (AvgIpc) is 3.17. The maximum Gasteiger partial charge on any atom is 0.510 e. The molecule has 0 spiro atoms. The molecule has 0 radical (unpaired) electrons. The molecule has 0 aliphatic carbocycles. The fourth-order valence-electron chi connectivity index (χ4n) is 3.80. The van der Waals surface area contributed by atoms with Crippen molar-refractivity contribution in [1.29, 1.82) is 0 Å². The molecule has 1 fully saturated rings. The van der Waals surface area contributed by atoms with Crippen molar-refractivity contribution in [3.63, 3.8) is 0 Å². The second-order valence-electron chi connectivity index (χ2n) is 10.4. The summed E-state index contributed by atoms with van der Waals surface area (Å²) in [4.78, 5) is 62.1. The van der Waals surface area contributed by atoms with Gasteiger partial charge in [-0.15, -0.1) is 0 Å². The molecule has 1 saturated heterocycles. The number of rotatable bonds is 16. The van der Waals surface area contributed by atoms with Crippen molar-refractivity contribution in [2.45, 2.75) is 76.4 Å². The van der Waals surface area contributed by atoms with Gasteiger partial charge in [0.05, 0.1) is 25.4 Å². The lowest BCUT2D eigenvalue weighted by molar-refractivity contribution is -0.177. The molecular weight excluding hydrogens is 652 g/mol. The highest BCUT2D eigenvalue weighted by Crippen LogP contribution is 2.53. The fourth-order valence-corrected chi connectivity index (χ4v) is 4.77. The number of aliphatic hydroxyl groups excluding tert-OH is 1. The number of ether oxygens (including phenoxy) is 6. The Labute approximate surface area is 260 Å². The summed E-state index contributed by atoms with van der Waals surface area (Å²) < 4.78 is 73.8. The van der Waals surface area contributed by atoms with Gasteiger partial charge >= 0.3 is 31.8 Å². The van der Waals surface area contributed by atoms with Gasteiger partial charge in [-0.1, -0.05) is 0 Å². The largest absolute Gasteiger partial charge is 0.510 e. The van der Waals surface area contributed by atoms with E-state index in [-0.39, 0.29) is 0 Å². The van der Waals surface area contributed by atoms with Crippen LogP contribution in [-0.2, 0) is 51.4 Å². The summed E-state index contributed by atoms with van der Waals surface area (Å²) in [6.45, 7) is 0.851. The first kappa shape index (κ1) is 38.8. The standard InChI is InChI=1S/C24H37FN3O17P/c1-13(2)42-21(33)37-11-40-46(36,41-12-38-22(34)43-14(3)4)39-10-24(9-25)18(44-17(31)15(26)8-29)23(5,35)19(45-24)28-7-6-16(30)27-20(28)32/h6-7,13-15,18-19,29,35H,8-12,26H2,1-5H3,(H,27,30,32)/t15?,18-,19+,23+,24+/m0/s1. The molecule has 1 aliphatic rings. The highest BCUT2D eigenvalue weighted by atomic mass is 31.2. The quantitative estimate of drug-likeness (QED) is 0.0766. The van der Waals surface area contributed by atoms with Crippen LogP contribution in [0, 0.1) is 0 Å². The van der Waals surface area contributed by atoms with Gasteiger partial charge in [0.1, 0.15) is 18.3 Å². The lowest BCUT2D eigenvalue weighted by atomic mass is 9.88. The van der Waals surface area contributed by atoms with Crippen LogP contribution in [0.5, 0.6) is 0 Å². The lowest BCUT2D eigenvalue weighted by Crippen LogP contribution is -2.57. The van der Waals surface area contributed by atoms with Gasteiger partial charge in [0.15, 0.2) is 17.9 Å². The summed E-state index contributed by atoms with van der Waals surface area (Å²) in [7, 11) is -5.06. The summed E-state index contributed by atoms with van der Waals surface area (Å²) in [5, 5.41) is 20.7. The molecule has 0 amide bonds. The van der Waals surface area contributed by atoms with Crippen molar-refractivity contribution in [1.82, 2.24) is 9.55 Å². The molecule has 46 heavy (non-hydrogen) atoms. The minimum atomic E-state index is -5.06. The highest BCUT2D eigenvalue weighted by Gasteiger charge is 2.65. The number of H-pyrrole nitrogens is 1. The van der Waals surface area contributed by atoms with Gasteiger partial charge < -0.3 is 44.4 Å². The van der Waals surface area contributed by atoms with Crippen LogP contribution in [0.25, 0.3) is 0 Å². The molecule has 0 bridgehead atoms. The first-order chi connectivity index (χ1) is 21.4. The summed E-state index contributed by atoms with van der Waals surface area (Å²) in [5.74, 6) is -1.35. The zero-order valence-corrected chi connectivity index (χ0v) is 26.3. The number of aliphatic hydroxyl groups is 2. The Morgan fingerprint density at radius 1 is 1.09 bits per heavy atom. The Morgan fingerprint density at radius 2 is 1.63 bits per heavy atom. The molecule has 1 aliphatic heterocycles. The van der Waals surface area contributed by atoms with Gasteiger partial charge in [-0.05, 0) is 34.6 Å². The second-order valence-corrected chi connectivity index (χ2v) is 12.0. The monoisotopic (exact) mass is 689 g/mol. The van der Waals surface area contributed by atoms with E-state index in [0.717, 1.165) is 19.2 Å². The number of esters is 1. The van der Waals surface area contributed by atoms with Gasteiger partial charge in [0.2, 0.25) is 13.6 Å². The molecule has 5 N–H and O–H groups in total. The Morgan fingerprint density at radius 3 is 2.09 bits per heavy atom. The Bertz CT molecular complexity index is 1340. The summed E-state index contributed by atoms with van der Waals surface area (Å²) in [6.07, 6.45) is -6.85. The third-order valence-electron chi connectivity index (χ3n) is 5.82. The van der Waals surface area contributed by atoms with Crippen LogP contribution >= 0.6 is 7.82 Å². The van der Waals surface area contributed by atoms with Crippen molar-refractivity contribution in [2.75, 3.05) is 33.5 Å². The number of nitrogens with zero attached hydrogens (tertiary/aromatic N) is 1. The first-order valence-electron chi connectivity index (χ1n) is 13.4. The number of halogens is 1. The van der Waals surface area contributed by atoms with E-state index in [9.17, 15) is 43.1 Å². The van der Waals surface area contributed by atoms with Crippen LogP contribution in [0.4, 0.5) is 14.0 Å². The zero-order valence-electron chi connectivity index (χ0n) is 25.4. The lowest BCUT2D eigenvalue weighted by Gasteiger charge is -2.35. The Kier molecular flexibility index (Phi) is 13.8. The highest BCUT2D eigenvalue weighted by molar-refractivity contribution is 7.48. The van der Waals surface area contributed by atoms with E-state index >= 15 is 0 Å². The number of aromatic amines is 1. The molecular formula is C24H37FN3O17P. The summed E-state index contributed by atoms with van der Waals surface area (Å²) in [6, 6.07) is -0.799. The SMILES string of the molecule is CC(C)OC(=O)OCOP(=O)(OCOC(=O)OC(C)C)OC[C@@]1(CF)O[C@@H](n2ccc(=O)[nH]c2=O)[C@](C)(O)[C@@H]1OC(=O)C(N)CO. The van der Waals surface area contributed by atoms with Gasteiger partial charge in [-0.3, -0.25) is 23.7 Å². The zero-order chi connectivity index (χ0) is 34.9. The molecule has 1 unspecified atom stereocenters. The normalized spacial score (nSPS) is 23.6. The molecule has 0 aromatic carbocycles. The van der Waals surface area contributed by atoms with Crippen molar-refractivity contribution < 1.29 is 75.5 Å². The smallest absolute Gasteiger partial charge is 0.455 e. The van der Waals surface area contributed by atoms with Crippen LogP contribution in [0.1, 0.15) is 40.8 Å². The van der Waals surface area contributed by atoms with Gasteiger partial charge in [-0.25, -0.2) is 32.4 Å². The number of phosphoric ester groups is 1. The summed E-state index contributed by atoms with van der Waals surface area (Å²) in [5.41, 5.74) is -1.59. The number of hydrogen-bond acceptors (Lipinski definition) is 18. The van der Waals surface area contributed by atoms with Crippen LogP contribution in [0.15, 0.2) is 21.9 Å². The van der Waals surface area contributed by atoms with E-state index in [1.165, 1.54) is 27.7 Å². The number of carbonyl (C=O) groups excluding carboxylic acids is 3. The number of carbonyl (C=O) groups is 3. The summed E-state index contributed by atoms with van der Waals surface area (Å²) >= 11 is 0. The van der Waals surface area contributed by atoms with E-state index in [4.69, 9.17) is 38.3 Å². The number of aromatic nitrogens is 2. The molecule has 262 valence electrons. The molecule has 1 aromatic rings. The third kappa shape index (κ3) is 10.3. The average molecular weight is 690 g/mol. The first-order valence-corrected chi connectivity index (χ1v) is 14.9. The second kappa shape index (κ2) is 16.4. The fraction of sp³-hybridized carbons (Fsp3) is 0.708. The van der Waals surface area contributed by atoms with Crippen LogP contribution in [0.2, 0.25) is 0 Å². The van der Waals surface area contributed by atoms with Crippen molar-refractivity contribution >= 4 is 26.1 Å². The van der Waals surface area contributed by atoms with Gasteiger partial charge in [-0.2, -0.15) is 0 Å². The van der Waals surface area contributed by atoms with E-state index in [0.29, 0.717) is 4.57 Å². The minimum Gasteiger partial charge on any atom is -0.455 e. The molecule has 0 saturated carbocycles. The molecule has 2 heterocycles. The van der Waals surface area contributed by atoms with Crippen molar-refractivity contribution in [3.8, 4) is 0 Å². The molecule has 22 heteroatoms. The molecule has 5 atom stereocenters. The Hall–Kier alpha value is -3.43. The van der Waals surface area contributed by atoms with Gasteiger partial charge in [0.25, 0.3) is 5.56 Å². The van der Waals surface area contributed by atoms with Crippen molar-refractivity contribution in [3.05, 3.63) is 33.1 Å². The van der Waals surface area contributed by atoms with E-state index in [1.54, 1.807) is 0 Å². The molecule has 2 rings (SSSR count). The van der Waals surface area contributed by atoms with Gasteiger partial charge in [0, 0.05) is 12.3 Å².